The molecule has 1 saturated heterocycles. The zero-order valence-corrected chi connectivity index (χ0v) is 13.8. The van der Waals surface area contributed by atoms with E-state index in [1.54, 1.807) is 0 Å². The fourth-order valence-corrected chi connectivity index (χ4v) is 4.22. The molecular formula is C15H21F3N2O2S. The minimum atomic E-state index is -4.46. The summed E-state index contributed by atoms with van der Waals surface area (Å²) in [6.07, 6.45) is -1.90. The lowest BCUT2D eigenvalue weighted by molar-refractivity contribution is -0.137. The molecule has 0 saturated carbocycles. The number of alkyl halides is 3. The summed E-state index contributed by atoms with van der Waals surface area (Å²) in [6, 6.07) is 3.69. The average Bonchev–Trinajstić information content (AvgIpc) is 2.52. The minimum Gasteiger partial charge on any atom is -0.320 e. The predicted molar refractivity (Wildman–Crippen MR) is 81.5 cm³/mol. The van der Waals surface area contributed by atoms with Gasteiger partial charge in [-0.25, -0.2) is 8.42 Å². The molecule has 4 nitrogen and oxygen atoms in total. The van der Waals surface area contributed by atoms with Gasteiger partial charge in [-0.1, -0.05) is 0 Å². The number of hydrogen-bond acceptors (Lipinski definition) is 3. The van der Waals surface area contributed by atoms with Crippen LogP contribution in [0.25, 0.3) is 0 Å². The molecule has 0 bridgehead atoms. The van der Waals surface area contributed by atoms with Gasteiger partial charge in [0, 0.05) is 13.1 Å². The molecule has 1 heterocycles. The number of piperidine rings is 1. The van der Waals surface area contributed by atoms with Crippen LogP contribution < -0.4 is 5.32 Å². The molecule has 8 heteroatoms. The van der Waals surface area contributed by atoms with Crippen LogP contribution in [-0.2, 0) is 16.2 Å². The molecule has 0 amide bonds. The van der Waals surface area contributed by atoms with Gasteiger partial charge in [0.15, 0.2) is 0 Å². The van der Waals surface area contributed by atoms with E-state index in [9.17, 15) is 21.6 Å². The number of halogens is 3. The standard InChI is InChI=1S/C15H21F3N2O2S/c1-19-9-6-12-7-10-20(11-8-12)23(21,22)14-4-2-13(3-5-14)15(16,17)18/h2-5,12,19H,6-11H2,1H3. The molecular weight excluding hydrogens is 329 g/mol. The number of hydrogen-bond donors (Lipinski definition) is 1. The Bertz CT molecular complexity index is 607. The van der Waals surface area contributed by atoms with Crippen molar-refractivity contribution >= 4 is 10.0 Å². The van der Waals surface area contributed by atoms with E-state index in [2.05, 4.69) is 5.32 Å². The molecule has 1 aromatic rings. The summed E-state index contributed by atoms with van der Waals surface area (Å²) in [5.41, 5.74) is -0.845. The molecule has 23 heavy (non-hydrogen) atoms. The quantitative estimate of drug-likeness (QED) is 0.888. The van der Waals surface area contributed by atoms with Crippen molar-refractivity contribution in [3.8, 4) is 0 Å². The Morgan fingerprint density at radius 1 is 1.17 bits per heavy atom. The van der Waals surface area contributed by atoms with Crippen molar-refractivity contribution in [1.82, 2.24) is 9.62 Å². The van der Waals surface area contributed by atoms with Crippen LogP contribution >= 0.6 is 0 Å². The largest absolute Gasteiger partial charge is 0.416 e. The highest BCUT2D eigenvalue weighted by atomic mass is 32.2. The van der Waals surface area contributed by atoms with E-state index >= 15 is 0 Å². The highest BCUT2D eigenvalue weighted by Gasteiger charge is 2.32. The highest BCUT2D eigenvalue weighted by Crippen LogP contribution is 2.31. The molecule has 1 aromatic carbocycles. The Kier molecular flexibility index (Phi) is 5.70. The van der Waals surface area contributed by atoms with Crippen LogP contribution in [0.4, 0.5) is 13.2 Å². The van der Waals surface area contributed by atoms with E-state index in [0.717, 1.165) is 50.1 Å². The zero-order valence-electron chi connectivity index (χ0n) is 12.9. The highest BCUT2D eigenvalue weighted by molar-refractivity contribution is 7.89. The summed E-state index contributed by atoms with van der Waals surface area (Å²) in [6.45, 7) is 1.73. The van der Waals surface area contributed by atoms with Crippen molar-refractivity contribution in [3.05, 3.63) is 29.8 Å². The minimum absolute atomic E-state index is 0.0841. The van der Waals surface area contributed by atoms with Gasteiger partial charge in [-0.05, 0) is 63.0 Å². The third kappa shape index (κ3) is 4.45. The summed E-state index contributed by atoms with van der Waals surface area (Å²) in [5, 5.41) is 3.08. The Morgan fingerprint density at radius 2 is 1.74 bits per heavy atom. The van der Waals surface area contributed by atoms with E-state index in [0.29, 0.717) is 19.0 Å². The van der Waals surface area contributed by atoms with E-state index in [1.807, 2.05) is 7.05 Å². The second kappa shape index (κ2) is 7.19. The van der Waals surface area contributed by atoms with E-state index < -0.39 is 21.8 Å². The summed E-state index contributed by atoms with van der Waals surface area (Å²) in [4.78, 5) is -0.0841. The lowest BCUT2D eigenvalue weighted by Gasteiger charge is -2.31. The van der Waals surface area contributed by atoms with Crippen LogP contribution in [0, 0.1) is 5.92 Å². The maximum absolute atomic E-state index is 12.6. The fraction of sp³-hybridized carbons (Fsp3) is 0.600. The van der Waals surface area contributed by atoms with E-state index in [-0.39, 0.29) is 4.90 Å². The first kappa shape index (κ1) is 18.2. The van der Waals surface area contributed by atoms with E-state index in [1.165, 1.54) is 4.31 Å². The first-order chi connectivity index (χ1) is 10.7. The maximum Gasteiger partial charge on any atom is 0.416 e. The van der Waals surface area contributed by atoms with Crippen LogP contribution in [0.1, 0.15) is 24.8 Å². The molecule has 0 unspecified atom stereocenters. The van der Waals surface area contributed by atoms with Crippen LogP contribution in [-0.4, -0.2) is 39.4 Å². The number of benzene rings is 1. The van der Waals surface area contributed by atoms with Crippen molar-refractivity contribution in [2.24, 2.45) is 5.92 Å². The fourth-order valence-electron chi connectivity index (χ4n) is 2.75. The van der Waals surface area contributed by atoms with Crippen LogP contribution in [0.3, 0.4) is 0 Å². The second-order valence-corrected chi connectivity index (χ2v) is 7.70. The average molecular weight is 350 g/mol. The zero-order chi connectivity index (χ0) is 17.1. The number of sulfonamides is 1. The van der Waals surface area contributed by atoms with Crippen LogP contribution in [0.15, 0.2) is 29.2 Å². The summed E-state index contributed by atoms with van der Waals surface area (Å²) >= 11 is 0. The third-order valence-corrected chi connectivity index (χ3v) is 6.11. The number of nitrogens with zero attached hydrogens (tertiary/aromatic N) is 1. The molecule has 0 spiro atoms. The van der Waals surface area contributed by atoms with Gasteiger partial charge >= 0.3 is 6.18 Å². The molecule has 1 N–H and O–H groups in total. The topological polar surface area (TPSA) is 49.4 Å². The van der Waals surface area contributed by atoms with E-state index in [4.69, 9.17) is 0 Å². The number of rotatable bonds is 5. The van der Waals surface area contributed by atoms with Crippen molar-refractivity contribution in [1.29, 1.82) is 0 Å². The first-order valence-electron chi connectivity index (χ1n) is 7.57. The van der Waals surface area contributed by atoms with Crippen molar-refractivity contribution in [2.45, 2.75) is 30.3 Å². The second-order valence-electron chi connectivity index (χ2n) is 5.76. The first-order valence-corrected chi connectivity index (χ1v) is 9.01. The van der Waals surface area contributed by atoms with Gasteiger partial charge in [0.2, 0.25) is 10.0 Å². The van der Waals surface area contributed by atoms with Gasteiger partial charge in [0.1, 0.15) is 0 Å². The SMILES string of the molecule is CNCCC1CCN(S(=O)(=O)c2ccc(C(F)(F)F)cc2)CC1. The normalized spacial score (nSPS) is 18.3. The van der Waals surface area contributed by atoms with Gasteiger partial charge in [-0.2, -0.15) is 17.5 Å². The van der Waals surface area contributed by atoms with Gasteiger partial charge in [-0.3, -0.25) is 0 Å². The molecule has 0 atom stereocenters. The Labute approximate surface area is 134 Å². The van der Waals surface area contributed by atoms with Crippen LogP contribution in [0.2, 0.25) is 0 Å². The lowest BCUT2D eigenvalue weighted by Crippen LogP contribution is -2.38. The molecule has 1 aliphatic heterocycles. The predicted octanol–water partition coefficient (Wildman–Crippen LogP) is 2.72. The van der Waals surface area contributed by atoms with Gasteiger partial charge in [0.25, 0.3) is 0 Å². The molecule has 0 aromatic heterocycles. The van der Waals surface area contributed by atoms with Crippen molar-refractivity contribution in [3.63, 3.8) is 0 Å². The van der Waals surface area contributed by atoms with Gasteiger partial charge in [-0.15, -0.1) is 0 Å². The van der Waals surface area contributed by atoms with Gasteiger partial charge in [0.05, 0.1) is 10.5 Å². The summed E-state index contributed by atoms with van der Waals surface area (Å²) < 4.78 is 64.0. The molecule has 1 aliphatic rings. The Morgan fingerprint density at radius 3 is 2.22 bits per heavy atom. The maximum atomic E-state index is 12.6. The molecule has 0 radical (unpaired) electrons. The van der Waals surface area contributed by atoms with Gasteiger partial charge < -0.3 is 5.32 Å². The molecule has 130 valence electrons. The number of nitrogens with one attached hydrogen (secondary N) is 1. The lowest BCUT2D eigenvalue weighted by atomic mass is 9.95. The van der Waals surface area contributed by atoms with Crippen LogP contribution in [0.5, 0.6) is 0 Å². The molecule has 2 rings (SSSR count). The molecule has 0 aliphatic carbocycles. The summed E-state index contributed by atoms with van der Waals surface area (Å²) in [5.74, 6) is 0.488. The monoisotopic (exact) mass is 350 g/mol. The molecule has 1 fully saturated rings. The summed E-state index contributed by atoms with van der Waals surface area (Å²) in [7, 11) is -1.84. The Hall–Kier alpha value is -1.12. The Balaban J connectivity index is 2.05. The van der Waals surface area contributed by atoms with Crippen molar-refractivity contribution in [2.75, 3.05) is 26.7 Å². The third-order valence-electron chi connectivity index (χ3n) is 4.20. The van der Waals surface area contributed by atoms with Crippen molar-refractivity contribution < 1.29 is 21.6 Å². The smallest absolute Gasteiger partial charge is 0.320 e.